The smallest absolute Gasteiger partial charge is 0.384 e. The van der Waals surface area contributed by atoms with E-state index in [1.54, 1.807) is 0 Å². The van der Waals surface area contributed by atoms with Crippen molar-refractivity contribution in [1.29, 1.82) is 0 Å². The molecule has 0 aliphatic carbocycles. The summed E-state index contributed by atoms with van der Waals surface area (Å²) in [5, 5.41) is 0. The Bertz CT molecular complexity index is 1120. The van der Waals surface area contributed by atoms with E-state index in [9.17, 15) is 4.79 Å². The highest BCUT2D eigenvalue weighted by Crippen LogP contribution is 2.29. The van der Waals surface area contributed by atoms with Crippen molar-refractivity contribution >= 4 is 5.97 Å². The van der Waals surface area contributed by atoms with E-state index < -0.39 is 30.4 Å². The number of hydrogen-bond donors (Lipinski definition) is 0. The molecule has 3 aromatic carbocycles. The predicted molar refractivity (Wildman–Crippen MR) is 135 cm³/mol. The zero-order chi connectivity index (χ0) is 25.0. The number of hydrogen-bond acceptors (Lipinski definition) is 6. The van der Waals surface area contributed by atoms with Crippen LogP contribution < -0.4 is 0 Å². The van der Waals surface area contributed by atoms with E-state index in [4.69, 9.17) is 18.9 Å². The highest BCUT2D eigenvalue weighted by molar-refractivity contribution is 5.88. The summed E-state index contributed by atoms with van der Waals surface area (Å²) in [5.74, 6) is 4.73. The first kappa shape index (κ1) is 25.6. The monoisotopic (exact) mass is 486 g/mol. The SMILES string of the molecule is COC(=O)C#C[C@H]1O[C@H](COCc2ccccc2)[C@@H](OCc2ccccc2)[C@H]1OCc1ccccc1. The average molecular weight is 487 g/mol. The summed E-state index contributed by atoms with van der Waals surface area (Å²) in [6, 6.07) is 29.7. The number of carbonyl (C=O) groups excluding carboxylic acids is 1. The first-order valence-corrected chi connectivity index (χ1v) is 11.9. The van der Waals surface area contributed by atoms with Crippen LogP contribution in [-0.2, 0) is 48.3 Å². The average Bonchev–Trinajstić information content (AvgIpc) is 3.27. The Kier molecular flexibility index (Phi) is 9.66. The van der Waals surface area contributed by atoms with Gasteiger partial charge in [-0.2, -0.15) is 0 Å². The molecule has 1 aliphatic rings. The van der Waals surface area contributed by atoms with Gasteiger partial charge in [0.15, 0.2) is 0 Å². The topological polar surface area (TPSA) is 63.2 Å². The standard InChI is InChI=1S/C30H30O6/c1-32-28(31)18-17-26-29(34-20-24-13-7-3-8-14-24)30(35-21-25-15-9-4-10-16-25)27(36-26)22-33-19-23-11-5-2-6-12-23/h2-16,26-27,29-30H,19-22H2,1H3/t26-,27-,29+,30-/m1/s1. The van der Waals surface area contributed by atoms with Crippen LogP contribution in [0.25, 0.3) is 0 Å². The van der Waals surface area contributed by atoms with Gasteiger partial charge in [-0.3, -0.25) is 0 Å². The molecule has 0 N–H and O–H groups in total. The second-order valence-corrected chi connectivity index (χ2v) is 8.38. The fourth-order valence-corrected chi connectivity index (χ4v) is 3.94. The van der Waals surface area contributed by atoms with E-state index in [1.807, 2.05) is 91.0 Å². The van der Waals surface area contributed by atoms with Gasteiger partial charge in [0.05, 0.1) is 33.5 Å². The molecule has 1 saturated heterocycles. The van der Waals surface area contributed by atoms with Crippen LogP contribution in [0.1, 0.15) is 16.7 Å². The fourth-order valence-electron chi connectivity index (χ4n) is 3.94. The Hall–Kier alpha value is -3.47. The zero-order valence-electron chi connectivity index (χ0n) is 20.2. The van der Waals surface area contributed by atoms with E-state index in [0.717, 1.165) is 16.7 Å². The van der Waals surface area contributed by atoms with Crippen LogP contribution >= 0.6 is 0 Å². The molecule has 6 heteroatoms. The first-order chi connectivity index (χ1) is 17.7. The predicted octanol–water partition coefficient (Wildman–Crippen LogP) is 4.32. The molecule has 1 fully saturated rings. The molecule has 0 saturated carbocycles. The Morgan fingerprint density at radius 2 is 1.25 bits per heavy atom. The highest BCUT2D eigenvalue weighted by atomic mass is 16.6. The van der Waals surface area contributed by atoms with Gasteiger partial charge in [-0.1, -0.05) is 96.9 Å². The van der Waals surface area contributed by atoms with E-state index in [0.29, 0.717) is 19.8 Å². The molecule has 0 spiro atoms. The first-order valence-electron chi connectivity index (χ1n) is 11.9. The number of esters is 1. The minimum absolute atomic E-state index is 0.288. The van der Waals surface area contributed by atoms with Crippen LogP contribution in [0.2, 0.25) is 0 Å². The van der Waals surface area contributed by atoms with Crippen LogP contribution in [0.5, 0.6) is 0 Å². The van der Waals surface area contributed by atoms with Crippen LogP contribution in [0, 0.1) is 11.8 Å². The summed E-state index contributed by atoms with van der Waals surface area (Å²) >= 11 is 0. The number of benzene rings is 3. The maximum absolute atomic E-state index is 11.7. The van der Waals surface area contributed by atoms with Crippen molar-refractivity contribution in [3.8, 4) is 11.8 Å². The van der Waals surface area contributed by atoms with Crippen molar-refractivity contribution in [1.82, 2.24) is 0 Å². The molecule has 0 aromatic heterocycles. The summed E-state index contributed by atoms with van der Waals surface area (Å²) in [6.07, 6.45) is -2.10. The molecule has 1 heterocycles. The van der Waals surface area contributed by atoms with Crippen molar-refractivity contribution in [3.05, 3.63) is 108 Å². The molecule has 0 radical (unpaired) electrons. The molecule has 6 nitrogen and oxygen atoms in total. The van der Waals surface area contributed by atoms with E-state index >= 15 is 0 Å². The van der Waals surface area contributed by atoms with Crippen molar-refractivity contribution < 1.29 is 28.5 Å². The largest absolute Gasteiger partial charge is 0.459 e. The van der Waals surface area contributed by atoms with Crippen molar-refractivity contribution in [3.63, 3.8) is 0 Å². The van der Waals surface area contributed by atoms with Crippen LogP contribution in [0.15, 0.2) is 91.0 Å². The maximum Gasteiger partial charge on any atom is 0.384 e. The molecule has 4 rings (SSSR count). The van der Waals surface area contributed by atoms with Gasteiger partial charge in [0, 0.05) is 5.92 Å². The highest BCUT2D eigenvalue weighted by Gasteiger charge is 2.46. The van der Waals surface area contributed by atoms with E-state index in [2.05, 4.69) is 16.6 Å². The van der Waals surface area contributed by atoms with Gasteiger partial charge in [-0.25, -0.2) is 4.79 Å². The van der Waals surface area contributed by atoms with Gasteiger partial charge in [0.2, 0.25) is 0 Å². The Morgan fingerprint density at radius 3 is 1.78 bits per heavy atom. The molecule has 4 atom stereocenters. The number of carbonyl (C=O) groups is 1. The Labute approximate surface area is 212 Å². The lowest BCUT2D eigenvalue weighted by Gasteiger charge is -2.24. The van der Waals surface area contributed by atoms with Crippen LogP contribution in [0.3, 0.4) is 0 Å². The fraction of sp³-hybridized carbons (Fsp3) is 0.300. The Balaban J connectivity index is 1.51. The third kappa shape index (κ3) is 7.51. The molecular weight excluding hydrogens is 456 g/mol. The maximum atomic E-state index is 11.7. The van der Waals surface area contributed by atoms with Crippen molar-refractivity contribution in [2.45, 2.75) is 44.2 Å². The zero-order valence-corrected chi connectivity index (χ0v) is 20.2. The quantitative estimate of drug-likeness (QED) is 0.242. The molecule has 0 amide bonds. The lowest BCUT2D eigenvalue weighted by Crippen LogP contribution is -2.38. The third-order valence-electron chi connectivity index (χ3n) is 5.78. The van der Waals surface area contributed by atoms with Crippen LogP contribution in [-0.4, -0.2) is 44.1 Å². The lowest BCUT2D eigenvalue weighted by atomic mass is 10.1. The minimum atomic E-state index is -0.682. The van der Waals surface area contributed by atoms with Gasteiger partial charge >= 0.3 is 5.97 Å². The molecule has 0 bridgehead atoms. The summed E-state index contributed by atoms with van der Waals surface area (Å²) in [6.45, 7) is 1.47. The van der Waals surface area contributed by atoms with Gasteiger partial charge in [0.1, 0.15) is 24.4 Å². The second-order valence-electron chi connectivity index (χ2n) is 8.38. The molecule has 3 aromatic rings. The molecular formula is C30H30O6. The second kappa shape index (κ2) is 13.6. The number of ether oxygens (including phenoxy) is 5. The van der Waals surface area contributed by atoms with E-state index in [-0.39, 0.29) is 6.61 Å². The summed E-state index contributed by atoms with van der Waals surface area (Å²) in [5.41, 5.74) is 3.12. The Morgan fingerprint density at radius 1 is 0.750 bits per heavy atom. The summed E-state index contributed by atoms with van der Waals surface area (Å²) < 4.78 is 29.6. The summed E-state index contributed by atoms with van der Waals surface area (Å²) in [7, 11) is 1.29. The third-order valence-corrected chi connectivity index (χ3v) is 5.78. The molecule has 186 valence electrons. The van der Waals surface area contributed by atoms with Crippen LogP contribution in [0.4, 0.5) is 0 Å². The minimum Gasteiger partial charge on any atom is -0.459 e. The van der Waals surface area contributed by atoms with Crippen molar-refractivity contribution in [2.75, 3.05) is 13.7 Å². The van der Waals surface area contributed by atoms with Crippen molar-refractivity contribution in [2.24, 2.45) is 0 Å². The number of rotatable bonds is 10. The normalized spacial score (nSPS) is 20.9. The van der Waals surface area contributed by atoms with Gasteiger partial charge in [-0.15, -0.1) is 0 Å². The molecule has 36 heavy (non-hydrogen) atoms. The van der Waals surface area contributed by atoms with Gasteiger partial charge < -0.3 is 23.7 Å². The summed E-state index contributed by atoms with van der Waals surface area (Å²) in [4.78, 5) is 11.7. The lowest BCUT2D eigenvalue weighted by molar-refractivity contribution is -0.133. The molecule has 1 aliphatic heterocycles. The number of methoxy groups -OCH3 is 1. The van der Waals surface area contributed by atoms with Gasteiger partial charge in [0.25, 0.3) is 0 Å². The van der Waals surface area contributed by atoms with E-state index in [1.165, 1.54) is 7.11 Å². The van der Waals surface area contributed by atoms with Gasteiger partial charge in [-0.05, 0) is 16.7 Å². The molecule has 0 unspecified atom stereocenters.